The van der Waals surface area contributed by atoms with Crippen molar-refractivity contribution in [3.63, 3.8) is 0 Å². The van der Waals surface area contributed by atoms with Crippen LogP contribution in [0.2, 0.25) is 0 Å². The van der Waals surface area contributed by atoms with E-state index in [9.17, 15) is 0 Å². The minimum Gasteiger partial charge on any atom is -0.378 e. The minimum absolute atomic E-state index is 0.312. The van der Waals surface area contributed by atoms with Gasteiger partial charge in [0.2, 0.25) is 0 Å². The van der Waals surface area contributed by atoms with E-state index in [2.05, 4.69) is 33.4 Å². The second kappa shape index (κ2) is 6.13. The molecule has 0 atom stereocenters. The largest absolute Gasteiger partial charge is 0.378 e. The van der Waals surface area contributed by atoms with E-state index in [1.54, 1.807) is 0 Å². The Kier molecular flexibility index (Phi) is 4.82. The normalized spacial score (nSPS) is 11.7. The molecule has 0 aromatic heterocycles. The molecule has 0 aliphatic carbocycles. The van der Waals surface area contributed by atoms with E-state index in [-0.39, 0.29) is 0 Å². The number of hydrogen-bond acceptors (Lipinski definition) is 2. The molecule has 0 unspecified atom stereocenters. The van der Waals surface area contributed by atoms with E-state index in [1.165, 1.54) is 5.69 Å². The first-order chi connectivity index (χ1) is 7.99. The van der Waals surface area contributed by atoms with Crippen LogP contribution in [0.25, 0.3) is 0 Å². The maximum absolute atomic E-state index is 5.75. The lowest BCUT2D eigenvalue weighted by Crippen LogP contribution is -2.36. The number of aliphatic imine (C=N–C) groups is 1. The number of nitrogens with zero attached hydrogens (tertiary/aromatic N) is 2. The predicted octanol–water partition coefficient (Wildman–Crippen LogP) is 1.57. The zero-order chi connectivity index (χ0) is 12.8. The Hall–Kier alpha value is -1.71. The predicted molar refractivity (Wildman–Crippen MR) is 74.4 cm³/mol. The van der Waals surface area contributed by atoms with Crippen molar-refractivity contribution in [1.82, 2.24) is 5.32 Å². The van der Waals surface area contributed by atoms with E-state index in [4.69, 9.17) is 5.73 Å². The second-order valence-corrected chi connectivity index (χ2v) is 4.56. The van der Waals surface area contributed by atoms with Gasteiger partial charge in [0.15, 0.2) is 5.96 Å². The van der Waals surface area contributed by atoms with Gasteiger partial charge >= 0.3 is 0 Å². The Labute approximate surface area is 104 Å². The molecule has 0 saturated carbocycles. The number of hydrogen-bond donors (Lipinski definition) is 2. The van der Waals surface area contributed by atoms with Crippen LogP contribution in [0.5, 0.6) is 0 Å². The average molecular weight is 234 g/mol. The van der Waals surface area contributed by atoms with Crippen LogP contribution in [0, 0.1) is 0 Å². The summed E-state index contributed by atoms with van der Waals surface area (Å²) in [7, 11) is 4.05. The van der Waals surface area contributed by atoms with Crippen molar-refractivity contribution < 1.29 is 0 Å². The molecule has 3 N–H and O–H groups in total. The molecule has 0 aliphatic heterocycles. The van der Waals surface area contributed by atoms with Gasteiger partial charge in [0.1, 0.15) is 0 Å². The van der Waals surface area contributed by atoms with Crippen LogP contribution in [0.1, 0.15) is 19.4 Å². The highest BCUT2D eigenvalue weighted by molar-refractivity contribution is 5.78. The third-order valence-electron chi connectivity index (χ3n) is 2.30. The number of guanidine groups is 1. The molecule has 0 radical (unpaired) electrons. The quantitative estimate of drug-likeness (QED) is 0.614. The van der Waals surface area contributed by atoms with Gasteiger partial charge in [-0.2, -0.15) is 0 Å². The molecule has 1 rings (SSSR count). The van der Waals surface area contributed by atoms with Gasteiger partial charge < -0.3 is 16.0 Å². The molecule has 0 saturated heterocycles. The number of benzene rings is 1. The number of rotatable bonds is 4. The lowest BCUT2D eigenvalue weighted by atomic mass is 10.2. The molecule has 4 nitrogen and oxygen atoms in total. The molecule has 94 valence electrons. The van der Waals surface area contributed by atoms with E-state index in [0.29, 0.717) is 18.5 Å². The van der Waals surface area contributed by atoms with Gasteiger partial charge in [-0.05, 0) is 31.5 Å². The highest BCUT2D eigenvalue weighted by Crippen LogP contribution is 2.13. The van der Waals surface area contributed by atoms with Gasteiger partial charge in [0, 0.05) is 25.8 Å². The fraction of sp³-hybridized carbons (Fsp3) is 0.462. The molecular formula is C13H22N4. The fourth-order valence-electron chi connectivity index (χ4n) is 1.45. The molecular weight excluding hydrogens is 212 g/mol. The van der Waals surface area contributed by atoms with E-state index < -0.39 is 0 Å². The Morgan fingerprint density at radius 2 is 2.12 bits per heavy atom. The summed E-state index contributed by atoms with van der Waals surface area (Å²) in [5.74, 6) is 0.496. The number of anilines is 1. The Balaban J connectivity index is 2.66. The summed E-state index contributed by atoms with van der Waals surface area (Å²) in [6, 6.07) is 8.59. The number of nitrogens with two attached hydrogens (primary N) is 1. The molecule has 0 bridgehead atoms. The summed E-state index contributed by atoms with van der Waals surface area (Å²) in [6.45, 7) is 4.68. The zero-order valence-electron chi connectivity index (χ0n) is 11.1. The van der Waals surface area contributed by atoms with Gasteiger partial charge in [0.05, 0.1) is 6.54 Å². The molecule has 0 aliphatic rings. The van der Waals surface area contributed by atoms with Crippen molar-refractivity contribution in [2.45, 2.75) is 26.4 Å². The molecule has 0 heterocycles. The first-order valence-electron chi connectivity index (χ1n) is 5.81. The third kappa shape index (κ3) is 4.76. The smallest absolute Gasteiger partial charge is 0.189 e. The molecule has 17 heavy (non-hydrogen) atoms. The van der Waals surface area contributed by atoms with Gasteiger partial charge in [-0.1, -0.05) is 12.1 Å². The first-order valence-corrected chi connectivity index (χ1v) is 5.81. The van der Waals surface area contributed by atoms with Gasteiger partial charge in [-0.25, -0.2) is 4.99 Å². The topological polar surface area (TPSA) is 53.6 Å². The fourth-order valence-corrected chi connectivity index (χ4v) is 1.45. The van der Waals surface area contributed by atoms with Crippen LogP contribution in [-0.2, 0) is 6.54 Å². The highest BCUT2D eigenvalue weighted by Gasteiger charge is 1.98. The lowest BCUT2D eigenvalue weighted by molar-refractivity contribution is 0.723. The zero-order valence-corrected chi connectivity index (χ0v) is 11.1. The van der Waals surface area contributed by atoms with E-state index in [0.717, 1.165) is 5.56 Å². The summed E-state index contributed by atoms with van der Waals surface area (Å²) < 4.78 is 0. The lowest BCUT2D eigenvalue weighted by Gasteiger charge is -2.13. The highest BCUT2D eigenvalue weighted by atomic mass is 15.1. The molecule has 4 heteroatoms. The Morgan fingerprint density at radius 1 is 1.41 bits per heavy atom. The van der Waals surface area contributed by atoms with Crippen molar-refractivity contribution in [1.29, 1.82) is 0 Å². The SMILES string of the molecule is CC(C)NC(N)=NCc1cccc(N(C)C)c1. The summed E-state index contributed by atoms with van der Waals surface area (Å²) in [6.07, 6.45) is 0. The summed E-state index contributed by atoms with van der Waals surface area (Å²) in [4.78, 5) is 6.37. The summed E-state index contributed by atoms with van der Waals surface area (Å²) in [5, 5.41) is 3.07. The van der Waals surface area contributed by atoms with Crippen molar-refractivity contribution in [3.8, 4) is 0 Å². The van der Waals surface area contributed by atoms with E-state index in [1.807, 2.05) is 34.0 Å². The molecule has 1 aromatic rings. The standard InChI is InChI=1S/C13H22N4/c1-10(2)16-13(14)15-9-11-6-5-7-12(8-11)17(3)4/h5-8,10H,9H2,1-4H3,(H3,14,15,16). The number of nitrogens with one attached hydrogen (secondary N) is 1. The first kappa shape index (κ1) is 13.4. The second-order valence-electron chi connectivity index (χ2n) is 4.56. The van der Waals surface area contributed by atoms with Crippen molar-refractivity contribution in [2.75, 3.05) is 19.0 Å². The van der Waals surface area contributed by atoms with Gasteiger partial charge in [-0.15, -0.1) is 0 Å². The van der Waals surface area contributed by atoms with Crippen LogP contribution in [0.4, 0.5) is 5.69 Å². The molecule has 1 aromatic carbocycles. The maximum atomic E-state index is 5.75. The van der Waals surface area contributed by atoms with E-state index >= 15 is 0 Å². The Morgan fingerprint density at radius 3 is 2.71 bits per heavy atom. The minimum atomic E-state index is 0.312. The van der Waals surface area contributed by atoms with Crippen LogP contribution in [0.15, 0.2) is 29.3 Å². The molecule has 0 fully saturated rings. The van der Waals surface area contributed by atoms with Crippen LogP contribution in [-0.4, -0.2) is 26.1 Å². The van der Waals surface area contributed by atoms with Gasteiger partial charge in [0.25, 0.3) is 0 Å². The van der Waals surface area contributed by atoms with Crippen molar-refractivity contribution in [2.24, 2.45) is 10.7 Å². The summed E-state index contributed by atoms with van der Waals surface area (Å²) >= 11 is 0. The van der Waals surface area contributed by atoms with Crippen LogP contribution >= 0.6 is 0 Å². The molecule has 0 amide bonds. The van der Waals surface area contributed by atoms with Crippen LogP contribution < -0.4 is 16.0 Å². The summed E-state index contributed by atoms with van der Waals surface area (Å²) in [5.41, 5.74) is 8.08. The Bertz CT molecular complexity index is 383. The maximum Gasteiger partial charge on any atom is 0.189 e. The third-order valence-corrected chi connectivity index (χ3v) is 2.30. The van der Waals surface area contributed by atoms with Crippen molar-refractivity contribution in [3.05, 3.63) is 29.8 Å². The van der Waals surface area contributed by atoms with Crippen molar-refractivity contribution >= 4 is 11.6 Å². The van der Waals surface area contributed by atoms with Gasteiger partial charge in [-0.3, -0.25) is 0 Å². The van der Waals surface area contributed by atoms with Crippen LogP contribution in [0.3, 0.4) is 0 Å². The monoisotopic (exact) mass is 234 g/mol. The average Bonchev–Trinajstić information content (AvgIpc) is 2.26. The molecule has 0 spiro atoms.